The van der Waals surface area contributed by atoms with E-state index in [9.17, 15) is 112 Å². The highest BCUT2D eigenvalue weighted by Gasteiger charge is 2.38. The van der Waals surface area contributed by atoms with Crippen LogP contribution in [-0.4, -0.2) is 224 Å². The zero-order chi connectivity index (χ0) is 77.5. The highest BCUT2D eigenvalue weighted by Crippen LogP contribution is 2.24. The first kappa shape index (κ1) is 90.4. The molecule has 1 aromatic rings. The van der Waals surface area contributed by atoms with Crippen molar-refractivity contribution in [1.29, 1.82) is 0 Å². The van der Waals surface area contributed by atoms with E-state index in [0.717, 1.165) is 0 Å². The summed E-state index contributed by atoms with van der Waals surface area (Å²) in [7, 11) is 0. The van der Waals surface area contributed by atoms with Gasteiger partial charge in [-0.3, -0.25) is 86.3 Å². The van der Waals surface area contributed by atoms with Crippen molar-refractivity contribution in [2.45, 2.75) is 212 Å². The summed E-state index contributed by atoms with van der Waals surface area (Å²) in [4.78, 5) is 237. The summed E-state index contributed by atoms with van der Waals surface area (Å²) in [5, 5.41) is 60.8. The minimum absolute atomic E-state index is 0.0259. The third-order valence-electron chi connectivity index (χ3n) is 16.8. The maximum Gasteiger partial charge on any atom is 0.303 e. The van der Waals surface area contributed by atoms with E-state index in [0.29, 0.717) is 23.3 Å². The number of ketones is 7. The van der Waals surface area contributed by atoms with Gasteiger partial charge < -0.3 is 72.2 Å². The van der Waals surface area contributed by atoms with Gasteiger partial charge in [-0.1, -0.05) is 52.0 Å². The van der Waals surface area contributed by atoms with E-state index in [2.05, 4.69) is 26.6 Å². The van der Waals surface area contributed by atoms with Crippen molar-refractivity contribution < 1.29 is 121 Å². The highest BCUT2D eigenvalue weighted by molar-refractivity contribution is 7.98. The molecule has 12 N–H and O–H groups in total. The average molecular weight is 1470 g/mol. The molecule has 0 radical (unpaired) electrons. The number of benzene rings is 1. The second kappa shape index (κ2) is 48.3. The molecule has 0 aliphatic carbocycles. The molecule has 1 unspecified atom stereocenters. The SMILES string of the molecule is CSC[C@H](NC(=O)CCC(=O)[C@H](CC(C)C)NC(=O)C1CCCN1C(=O)COCCCC(=O)[C@H](Cc1ccc(C(C)=O)cc1)NC(=O)[C@@H](CCC(=O)O)CC(=O)[C@@H](CCC(=O)O)NC(=O)[C@@H](CCC(=O)O)CC(=O)[C@@H](CCC(=O)O)NC(=O)[C@@H](CCC(=O)O)CC(=O)COCCN)C(=O)CC(C)C. The zero-order valence-corrected chi connectivity index (χ0v) is 60.3. The topological polar surface area (TPSA) is 516 Å². The van der Waals surface area contributed by atoms with Crippen molar-refractivity contribution in [2.24, 2.45) is 35.3 Å². The van der Waals surface area contributed by atoms with Gasteiger partial charge in [0.2, 0.25) is 35.4 Å². The molecule has 1 aromatic carbocycles. The van der Waals surface area contributed by atoms with Gasteiger partial charge in [0.05, 0.1) is 36.8 Å². The Hall–Kier alpha value is -8.69. The van der Waals surface area contributed by atoms with E-state index < -0.39 is 245 Å². The average Bonchev–Trinajstić information content (AvgIpc) is 1.77. The van der Waals surface area contributed by atoms with Gasteiger partial charge in [0.1, 0.15) is 19.3 Å². The van der Waals surface area contributed by atoms with Gasteiger partial charge in [-0.15, -0.1) is 0 Å². The van der Waals surface area contributed by atoms with Crippen LogP contribution in [0.5, 0.6) is 0 Å². The van der Waals surface area contributed by atoms with Crippen LogP contribution in [0.2, 0.25) is 0 Å². The number of carboxylic acids is 5. The molecule has 1 heterocycles. The Kier molecular flexibility index (Phi) is 42.4. The predicted octanol–water partition coefficient (Wildman–Crippen LogP) is 2.61. The number of carbonyl (C=O) groups is 18. The van der Waals surface area contributed by atoms with Gasteiger partial charge >= 0.3 is 29.8 Å². The van der Waals surface area contributed by atoms with Crippen LogP contribution in [0.1, 0.15) is 185 Å². The predicted molar refractivity (Wildman–Crippen MR) is 370 cm³/mol. The first-order valence-electron chi connectivity index (χ1n) is 34.5. The largest absolute Gasteiger partial charge is 0.481 e. The first-order valence-corrected chi connectivity index (χ1v) is 35.9. The lowest BCUT2D eigenvalue weighted by Crippen LogP contribution is -2.52. The molecule has 2 rings (SSSR count). The standard InChI is InChI=1S/C70H103N7O25S/c1-40(2)31-51(56(81)20-21-60(85)72-53(39-103-6)57(82)32-41(3)4)76-70(100)54-9-7-28-77(54)61(86)38-101-29-8-10-55(80)52(33-43-11-13-44(14-12-43)42(5)78)75-69(99)47(17-24-64(91)92)36-59(84)50(19-26-66(95)96)74-68(98)46(16-23-63(89)90)35-58(83)49(18-25-65(93)94)73-67(97)45(15-22-62(87)88)34-48(79)37-102-30-27-71/h11-14,40-41,45-47,49-54H,7-10,15-39,71H2,1-6H3,(H,72,85)(H,73,97)(H,74,98)(H,75,99)(H,76,100)(H,87,88)(H,89,90)(H,91,92)(H,93,94)(H,95,96)/t45-,46-,47-,49+,50+,51-,52-,53-,54?/m0/s1. The molecule has 0 bridgehead atoms. The summed E-state index contributed by atoms with van der Waals surface area (Å²) in [6, 6.07) is -1.62. The molecule has 0 saturated carbocycles. The molecule has 0 spiro atoms. The number of nitrogens with zero attached hydrogens (tertiary/aromatic N) is 1. The number of likely N-dealkylation sites (tertiary alicyclic amines) is 1. The third kappa shape index (κ3) is 36.8. The molecule has 103 heavy (non-hydrogen) atoms. The number of Topliss-reactive ketones (excluding diaryl/α,β-unsaturated/α-hetero) is 7. The molecule has 6 amide bonds. The lowest BCUT2D eigenvalue weighted by Gasteiger charge is -2.27. The van der Waals surface area contributed by atoms with Crippen LogP contribution in [0, 0.1) is 29.6 Å². The second-order valence-corrected chi connectivity index (χ2v) is 27.4. The molecule has 1 saturated heterocycles. The van der Waals surface area contributed by atoms with Crippen molar-refractivity contribution in [3.8, 4) is 0 Å². The van der Waals surface area contributed by atoms with Crippen molar-refractivity contribution in [3.63, 3.8) is 0 Å². The summed E-state index contributed by atoms with van der Waals surface area (Å²) in [6.45, 7) is 7.80. The van der Waals surface area contributed by atoms with Gasteiger partial charge in [-0.2, -0.15) is 11.8 Å². The van der Waals surface area contributed by atoms with Crippen LogP contribution in [-0.2, 0) is 97.4 Å². The fourth-order valence-electron chi connectivity index (χ4n) is 11.3. The summed E-state index contributed by atoms with van der Waals surface area (Å²) >= 11 is 1.40. The lowest BCUT2D eigenvalue weighted by molar-refractivity contribution is -0.142. The minimum atomic E-state index is -1.82. The number of hydrogen-bond donors (Lipinski definition) is 11. The van der Waals surface area contributed by atoms with E-state index in [4.69, 9.17) is 15.2 Å². The van der Waals surface area contributed by atoms with Gasteiger partial charge in [0.15, 0.2) is 40.5 Å². The highest BCUT2D eigenvalue weighted by atomic mass is 32.2. The molecule has 9 atom stereocenters. The van der Waals surface area contributed by atoms with Crippen molar-refractivity contribution in [2.75, 3.05) is 51.5 Å². The quantitative estimate of drug-likeness (QED) is 0.0330. The van der Waals surface area contributed by atoms with E-state index in [1.54, 1.807) is 0 Å². The Labute approximate surface area is 602 Å². The van der Waals surface area contributed by atoms with Crippen LogP contribution >= 0.6 is 11.8 Å². The number of rotatable bonds is 57. The van der Waals surface area contributed by atoms with Gasteiger partial charge in [-0.05, 0) is 94.8 Å². The second-order valence-electron chi connectivity index (χ2n) is 26.5. The summed E-state index contributed by atoms with van der Waals surface area (Å²) < 4.78 is 10.8. The number of carbonyl (C=O) groups excluding carboxylic acids is 13. The number of nitrogens with two attached hydrogens (primary N) is 1. The van der Waals surface area contributed by atoms with Crippen LogP contribution < -0.4 is 32.3 Å². The Morgan fingerprint density at radius 2 is 0.981 bits per heavy atom. The number of nitrogens with one attached hydrogen (secondary N) is 5. The maximum absolute atomic E-state index is 14.4. The summed E-state index contributed by atoms with van der Waals surface area (Å²) in [5.41, 5.74) is 6.13. The summed E-state index contributed by atoms with van der Waals surface area (Å²) in [5.74, 6) is -20.5. The normalized spacial score (nSPS) is 15.0. The van der Waals surface area contributed by atoms with E-state index in [1.165, 1.54) is 47.9 Å². The van der Waals surface area contributed by atoms with E-state index in [1.807, 2.05) is 34.0 Å². The van der Waals surface area contributed by atoms with Crippen molar-refractivity contribution >= 4 is 118 Å². The van der Waals surface area contributed by atoms with Crippen LogP contribution in [0.4, 0.5) is 0 Å². The molecule has 574 valence electrons. The molecular formula is C70H103N7O25S. The molecule has 32 nitrogen and oxygen atoms in total. The van der Waals surface area contributed by atoms with E-state index >= 15 is 0 Å². The van der Waals surface area contributed by atoms with Gasteiger partial charge in [0, 0.05) is 126 Å². The number of ether oxygens (including phenoxy) is 2. The van der Waals surface area contributed by atoms with Crippen LogP contribution in [0.25, 0.3) is 0 Å². The number of amides is 6. The lowest BCUT2D eigenvalue weighted by atomic mass is 9.89. The number of hydrogen-bond acceptors (Lipinski definition) is 22. The van der Waals surface area contributed by atoms with Gasteiger partial charge in [0.25, 0.3) is 0 Å². The monoisotopic (exact) mass is 1470 g/mol. The smallest absolute Gasteiger partial charge is 0.303 e. The molecule has 1 aliphatic rings. The fourth-order valence-corrected chi connectivity index (χ4v) is 12.0. The molecule has 1 aliphatic heterocycles. The zero-order valence-electron chi connectivity index (χ0n) is 59.5. The van der Waals surface area contributed by atoms with E-state index in [-0.39, 0.29) is 101 Å². The van der Waals surface area contributed by atoms with Crippen molar-refractivity contribution in [1.82, 2.24) is 31.5 Å². The van der Waals surface area contributed by atoms with Crippen LogP contribution in [0.15, 0.2) is 24.3 Å². The van der Waals surface area contributed by atoms with Gasteiger partial charge in [-0.25, -0.2) is 0 Å². The van der Waals surface area contributed by atoms with Crippen molar-refractivity contribution in [3.05, 3.63) is 35.4 Å². The maximum atomic E-state index is 14.4. The Bertz CT molecular complexity index is 3120. The Morgan fingerprint density at radius 1 is 0.515 bits per heavy atom. The molecule has 33 heteroatoms. The number of carboxylic acid groups (broad SMARTS) is 5. The third-order valence-corrected chi connectivity index (χ3v) is 17.5. The summed E-state index contributed by atoms with van der Waals surface area (Å²) in [6.07, 6.45) is -6.95. The molecule has 0 aromatic heterocycles. The Balaban J connectivity index is 2.37. The molecule has 1 fully saturated rings. The number of aliphatic carboxylic acids is 5. The Morgan fingerprint density at radius 3 is 1.45 bits per heavy atom. The molecular weight excluding hydrogens is 1370 g/mol. The number of thioether (sulfide) groups is 1. The first-order chi connectivity index (χ1) is 48.5. The minimum Gasteiger partial charge on any atom is -0.481 e. The fraction of sp³-hybridized carbons (Fsp3) is 0.657. The van der Waals surface area contributed by atoms with Crippen LogP contribution in [0.3, 0.4) is 0 Å².